The third kappa shape index (κ3) is 2.56. The molecule has 122 valence electrons. The second kappa shape index (κ2) is 6.03. The summed E-state index contributed by atoms with van der Waals surface area (Å²) < 4.78 is 2.09. The molecule has 3 rings (SSSR count). The van der Waals surface area contributed by atoms with E-state index in [0.717, 1.165) is 17.1 Å². The number of hydrogen-bond acceptors (Lipinski definition) is 4. The van der Waals surface area contributed by atoms with Crippen molar-refractivity contribution < 1.29 is 0 Å². The maximum absolute atomic E-state index is 12.0. The monoisotopic (exact) mass is 329 g/mol. The van der Waals surface area contributed by atoms with Crippen molar-refractivity contribution in [1.82, 2.24) is 9.55 Å². The summed E-state index contributed by atoms with van der Waals surface area (Å²) in [5.74, 6) is -0.0392. The predicted molar refractivity (Wildman–Crippen MR) is 95.1 cm³/mol. The second-order valence-corrected chi connectivity index (χ2v) is 5.71. The van der Waals surface area contributed by atoms with Crippen LogP contribution in [0.5, 0.6) is 0 Å². The van der Waals surface area contributed by atoms with E-state index in [1.54, 1.807) is 12.1 Å². The minimum absolute atomic E-state index is 0.0392. The first kappa shape index (κ1) is 16.1. The highest BCUT2D eigenvalue weighted by Gasteiger charge is 2.18. The molecular formula is C19H15N5O. The van der Waals surface area contributed by atoms with Crippen LogP contribution in [0.15, 0.2) is 41.2 Å². The summed E-state index contributed by atoms with van der Waals surface area (Å²) >= 11 is 0. The first-order valence-electron chi connectivity index (χ1n) is 7.59. The maximum Gasteiger partial charge on any atom is 0.268 e. The molecule has 3 aromatic rings. The van der Waals surface area contributed by atoms with Gasteiger partial charge in [0.2, 0.25) is 0 Å². The van der Waals surface area contributed by atoms with Crippen molar-refractivity contribution in [2.45, 2.75) is 13.8 Å². The molecule has 0 fully saturated rings. The number of rotatable bonds is 2. The lowest BCUT2D eigenvalue weighted by Crippen LogP contribution is -2.16. The van der Waals surface area contributed by atoms with Gasteiger partial charge in [0.25, 0.3) is 5.56 Å². The lowest BCUT2D eigenvalue weighted by Gasteiger charge is -2.12. The van der Waals surface area contributed by atoms with Crippen LogP contribution in [0.4, 0.5) is 5.82 Å². The fourth-order valence-corrected chi connectivity index (χ4v) is 2.98. The molecule has 6 nitrogen and oxygen atoms in total. The summed E-state index contributed by atoms with van der Waals surface area (Å²) in [6.07, 6.45) is 0. The number of aromatic nitrogens is 2. The number of hydrogen-bond donors (Lipinski definition) is 2. The normalized spacial score (nSPS) is 10.2. The van der Waals surface area contributed by atoms with E-state index in [0.29, 0.717) is 5.56 Å². The van der Waals surface area contributed by atoms with Gasteiger partial charge in [0.15, 0.2) is 0 Å². The van der Waals surface area contributed by atoms with Gasteiger partial charge in [-0.05, 0) is 43.7 Å². The number of nitrogens with one attached hydrogen (secondary N) is 1. The van der Waals surface area contributed by atoms with Crippen LogP contribution in [0.1, 0.15) is 22.5 Å². The number of anilines is 1. The van der Waals surface area contributed by atoms with Crippen LogP contribution in [0.3, 0.4) is 0 Å². The van der Waals surface area contributed by atoms with Crippen molar-refractivity contribution >= 4 is 5.82 Å². The Hall–Kier alpha value is -3.77. The lowest BCUT2D eigenvalue weighted by molar-refractivity contribution is 0.966. The van der Waals surface area contributed by atoms with Gasteiger partial charge in [0.05, 0.1) is 0 Å². The number of H-pyrrole nitrogens is 1. The average molecular weight is 329 g/mol. The van der Waals surface area contributed by atoms with E-state index in [1.807, 2.05) is 50.3 Å². The Kier molecular flexibility index (Phi) is 3.88. The van der Waals surface area contributed by atoms with Gasteiger partial charge in [-0.3, -0.25) is 4.79 Å². The molecule has 6 heteroatoms. The van der Waals surface area contributed by atoms with Gasteiger partial charge in [-0.1, -0.05) is 12.1 Å². The summed E-state index contributed by atoms with van der Waals surface area (Å²) in [4.78, 5) is 14.3. The highest BCUT2D eigenvalue weighted by atomic mass is 16.1. The van der Waals surface area contributed by atoms with E-state index in [-0.39, 0.29) is 22.5 Å². The van der Waals surface area contributed by atoms with E-state index < -0.39 is 5.56 Å². The van der Waals surface area contributed by atoms with E-state index in [4.69, 9.17) is 5.73 Å². The van der Waals surface area contributed by atoms with Crippen LogP contribution < -0.4 is 11.3 Å². The molecule has 1 aromatic carbocycles. The molecule has 0 amide bonds. The molecule has 25 heavy (non-hydrogen) atoms. The molecule has 0 saturated heterocycles. The molecule has 0 aliphatic heterocycles. The molecular weight excluding hydrogens is 314 g/mol. The maximum atomic E-state index is 12.0. The predicted octanol–water partition coefficient (Wildman–Crippen LogP) is 2.78. The molecule has 2 aromatic heterocycles. The number of benzene rings is 1. The standard InChI is InChI=1S/C19H15N5O/c1-11-3-4-12(2)24(11)14-7-5-13(6-8-14)17-15(9-20)18(22)23-19(25)16(17)10-21/h3-8H,1-2H3,(H3,22,23,25). The van der Waals surface area contributed by atoms with Crippen molar-refractivity contribution in [3.63, 3.8) is 0 Å². The van der Waals surface area contributed by atoms with Crippen molar-refractivity contribution in [2.24, 2.45) is 0 Å². The minimum Gasteiger partial charge on any atom is -0.384 e. The number of pyridine rings is 1. The summed E-state index contributed by atoms with van der Waals surface area (Å²) in [7, 11) is 0. The number of nitrogens with two attached hydrogens (primary N) is 1. The summed E-state index contributed by atoms with van der Waals surface area (Å²) in [6, 6.07) is 15.2. The Morgan fingerprint density at radius 2 is 1.52 bits per heavy atom. The molecule has 3 N–H and O–H groups in total. The molecule has 0 spiro atoms. The van der Waals surface area contributed by atoms with Crippen LogP contribution in [0, 0.1) is 36.5 Å². The molecule has 2 heterocycles. The minimum atomic E-state index is -0.602. The lowest BCUT2D eigenvalue weighted by atomic mass is 9.96. The number of aryl methyl sites for hydroxylation is 2. The summed E-state index contributed by atoms with van der Waals surface area (Å²) in [6.45, 7) is 4.03. The molecule has 0 unspecified atom stereocenters. The molecule has 0 aliphatic rings. The first-order valence-corrected chi connectivity index (χ1v) is 7.59. The fourth-order valence-electron chi connectivity index (χ4n) is 2.98. The van der Waals surface area contributed by atoms with Gasteiger partial charge in [0.1, 0.15) is 29.1 Å². The Morgan fingerprint density at radius 3 is 2.04 bits per heavy atom. The van der Waals surface area contributed by atoms with Crippen molar-refractivity contribution in [3.05, 3.63) is 69.3 Å². The Labute approximate surface area is 144 Å². The smallest absolute Gasteiger partial charge is 0.268 e. The van der Waals surface area contributed by atoms with Crippen LogP contribution in [-0.2, 0) is 0 Å². The summed E-state index contributed by atoms with van der Waals surface area (Å²) in [5, 5.41) is 18.7. The van der Waals surface area contributed by atoms with E-state index >= 15 is 0 Å². The third-order valence-corrected chi connectivity index (χ3v) is 4.15. The molecule has 0 aliphatic carbocycles. The quantitative estimate of drug-likeness (QED) is 0.753. The highest BCUT2D eigenvalue weighted by Crippen LogP contribution is 2.29. The van der Waals surface area contributed by atoms with E-state index in [1.165, 1.54) is 0 Å². The Bertz CT molecular complexity index is 1090. The SMILES string of the molecule is Cc1ccc(C)n1-c1ccc(-c2c(C#N)c(N)[nH]c(=O)c2C#N)cc1. The average Bonchev–Trinajstić information content (AvgIpc) is 2.93. The third-order valence-electron chi connectivity index (χ3n) is 4.15. The molecule has 0 atom stereocenters. The molecule has 0 saturated carbocycles. The van der Waals surface area contributed by atoms with Crippen LogP contribution in [-0.4, -0.2) is 9.55 Å². The zero-order chi connectivity index (χ0) is 18.1. The van der Waals surface area contributed by atoms with Crippen molar-refractivity contribution in [2.75, 3.05) is 5.73 Å². The number of nitrogen functional groups attached to an aromatic ring is 1. The molecule has 0 bridgehead atoms. The number of aromatic amines is 1. The second-order valence-electron chi connectivity index (χ2n) is 5.71. The van der Waals surface area contributed by atoms with Gasteiger partial charge in [-0.15, -0.1) is 0 Å². The number of nitrogens with zero attached hydrogens (tertiary/aromatic N) is 3. The van der Waals surface area contributed by atoms with Gasteiger partial charge in [-0.25, -0.2) is 0 Å². The highest BCUT2D eigenvalue weighted by molar-refractivity contribution is 5.80. The first-order chi connectivity index (χ1) is 12.0. The van der Waals surface area contributed by atoms with Gasteiger partial charge in [0, 0.05) is 22.6 Å². The van der Waals surface area contributed by atoms with Crippen LogP contribution in [0.25, 0.3) is 16.8 Å². The van der Waals surface area contributed by atoms with Crippen molar-refractivity contribution in [3.8, 4) is 29.0 Å². The van der Waals surface area contributed by atoms with Crippen LogP contribution >= 0.6 is 0 Å². The van der Waals surface area contributed by atoms with Gasteiger partial charge < -0.3 is 15.3 Å². The summed E-state index contributed by atoms with van der Waals surface area (Å²) in [5.41, 5.74) is 9.13. The fraction of sp³-hybridized carbons (Fsp3) is 0.105. The topological polar surface area (TPSA) is 111 Å². The number of nitriles is 2. The van der Waals surface area contributed by atoms with Crippen molar-refractivity contribution in [1.29, 1.82) is 10.5 Å². The molecule has 0 radical (unpaired) electrons. The zero-order valence-corrected chi connectivity index (χ0v) is 13.8. The van der Waals surface area contributed by atoms with E-state index in [2.05, 4.69) is 9.55 Å². The van der Waals surface area contributed by atoms with Gasteiger partial charge >= 0.3 is 0 Å². The Balaban J connectivity index is 2.22. The largest absolute Gasteiger partial charge is 0.384 e. The van der Waals surface area contributed by atoms with Gasteiger partial charge in [-0.2, -0.15) is 10.5 Å². The zero-order valence-electron chi connectivity index (χ0n) is 13.8. The van der Waals surface area contributed by atoms with Crippen LogP contribution in [0.2, 0.25) is 0 Å². The van der Waals surface area contributed by atoms with E-state index in [9.17, 15) is 15.3 Å². The Morgan fingerprint density at radius 1 is 0.960 bits per heavy atom.